The third-order valence-electron chi connectivity index (χ3n) is 2.59. The van der Waals surface area contributed by atoms with Gasteiger partial charge in [-0.1, -0.05) is 13.8 Å². The Balaban J connectivity index is 2.18. The van der Waals surface area contributed by atoms with Crippen molar-refractivity contribution in [3.8, 4) is 0 Å². The molecule has 1 saturated carbocycles. The van der Waals surface area contributed by atoms with E-state index in [1.54, 1.807) is 0 Å². The Hall–Kier alpha value is -0.570. The molecule has 1 rings (SSSR count). The van der Waals surface area contributed by atoms with Crippen LogP contribution in [0.5, 0.6) is 0 Å². The van der Waals surface area contributed by atoms with Crippen LogP contribution in [0.2, 0.25) is 0 Å². The first-order chi connectivity index (χ1) is 6.09. The smallest absolute Gasteiger partial charge is 0.304 e. The molecule has 3 unspecified atom stereocenters. The fraction of sp³-hybridized carbons (Fsp3) is 0.900. The number of ether oxygens (including phenoxy) is 2. The van der Waals surface area contributed by atoms with Gasteiger partial charge in [0.25, 0.3) is 0 Å². The van der Waals surface area contributed by atoms with Crippen LogP contribution in [0.15, 0.2) is 0 Å². The lowest BCUT2D eigenvalue weighted by Crippen LogP contribution is -2.18. The van der Waals surface area contributed by atoms with E-state index in [1.165, 1.54) is 13.3 Å². The molecule has 0 heterocycles. The van der Waals surface area contributed by atoms with E-state index >= 15 is 0 Å². The number of esters is 1. The third-order valence-corrected chi connectivity index (χ3v) is 2.59. The van der Waals surface area contributed by atoms with Gasteiger partial charge in [-0.15, -0.1) is 0 Å². The van der Waals surface area contributed by atoms with E-state index in [9.17, 15) is 4.79 Å². The molecule has 0 amide bonds. The molecule has 0 radical (unpaired) electrons. The molecule has 0 aromatic rings. The normalized spacial score (nSPS) is 33.3. The van der Waals surface area contributed by atoms with Crippen molar-refractivity contribution in [3.05, 3.63) is 0 Å². The van der Waals surface area contributed by atoms with Crippen LogP contribution >= 0.6 is 0 Å². The molecule has 0 N–H and O–H groups in total. The Morgan fingerprint density at radius 1 is 1.38 bits per heavy atom. The average Bonchev–Trinajstić information content (AvgIpc) is 2.29. The number of hydrogen-bond acceptors (Lipinski definition) is 3. The van der Waals surface area contributed by atoms with E-state index in [4.69, 9.17) is 9.47 Å². The van der Waals surface area contributed by atoms with E-state index in [-0.39, 0.29) is 18.9 Å². The van der Waals surface area contributed by atoms with Crippen LogP contribution in [0.4, 0.5) is 0 Å². The third kappa shape index (κ3) is 3.35. The van der Waals surface area contributed by atoms with Gasteiger partial charge in [-0.05, 0) is 24.7 Å². The van der Waals surface area contributed by atoms with Crippen LogP contribution in [0.3, 0.4) is 0 Å². The van der Waals surface area contributed by atoms with Crippen molar-refractivity contribution in [1.82, 2.24) is 0 Å². The number of carbonyl (C=O) groups excluding carboxylic acids is 1. The molecule has 1 fully saturated rings. The van der Waals surface area contributed by atoms with Crippen molar-refractivity contribution in [1.29, 1.82) is 0 Å². The summed E-state index contributed by atoms with van der Waals surface area (Å²) in [7, 11) is 0. The van der Waals surface area contributed by atoms with Crippen LogP contribution in [-0.2, 0) is 14.3 Å². The van der Waals surface area contributed by atoms with E-state index in [0.717, 1.165) is 12.3 Å². The molecular weight excluding hydrogens is 168 g/mol. The number of hydrogen-bond donors (Lipinski definition) is 0. The van der Waals surface area contributed by atoms with Gasteiger partial charge in [-0.25, -0.2) is 0 Å². The van der Waals surface area contributed by atoms with E-state index < -0.39 is 0 Å². The zero-order valence-corrected chi connectivity index (χ0v) is 8.58. The molecule has 13 heavy (non-hydrogen) atoms. The summed E-state index contributed by atoms with van der Waals surface area (Å²) in [6.45, 7) is 5.91. The van der Waals surface area contributed by atoms with E-state index in [1.807, 2.05) is 0 Å². The molecule has 0 saturated heterocycles. The maximum atomic E-state index is 10.5. The predicted molar refractivity (Wildman–Crippen MR) is 49.1 cm³/mol. The fourth-order valence-corrected chi connectivity index (χ4v) is 1.95. The molecule has 3 heteroatoms. The molecular formula is C10H18O3. The van der Waals surface area contributed by atoms with Crippen LogP contribution in [0.1, 0.15) is 33.6 Å². The van der Waals surface area contributed by atoms with Crippen molar-refractivity contribution in [2.75, 3.05) is 6.79 Å². The lowest BCUT2D eigenvalue weighted by Gasteiger charge is -2.15. The van der Waals surface area contributed by atoms with Gasteiger partial charge in [0.15, 0.2) is 6.79 Å². The van der Waals surface area contributed by atoms with Crippen LogP contribution in [-0.4, -0.2) is 18.9 Å². The molecule has 3 nitrogen and oxygen atoms in total. The Kier molecular flexibility index (Phi) is 3.72. The summed E-state index contributed by atoms with van der Waals surface area (Å²) in [6.07, 6.45) is 2.57. The lowest BCUT2D eigenvalue weighted by atomic mass is 10.1. The van der Waals surface area contributed by atoms with Gasteiger partial charge in [0.05, 0.1) is 6.10 Å². The molecule has 1 aliphatic carbocycles. The first-order valence-corrected chi connectivity index (χ1v) is 4.84. The minimum atomic E-state index is -0.279. The average molecular weight is 186 g/mol. The highest BCUT2D eigenvalue weighted by atomic mass is 16.7. The highest BCUT2D eigenvalue weighted by Crippen LogP contribution is 2.32. The second-order valence-electron chi connectivity index (χ2n) is 4.01. The van der Waals surface area contributed by atoms with E-state index in [2.05, 4.69) is 13.8 Å². The Morgan fingerprint density at radius 2 is 2.08 bits per heavy atom. The van der Waals surface area contributed by atoms with Gasteiger partial charge in [0.2, 0.25) is 0 Å². The fourth-order valence-electron chi connectivity index (χ4n) is 1.95. The van der Waals surface area contributed by atoms with Gasteiger partial charge < -0.3 is 9.47 Å². The van der Waals surface area contributed by atoms with Gasteiger partial charge in [-0.2, -0.15) is 0 Å². The first-order valence-electron chi connectivity index (χ1n) is 4.84. The highest BCUT2D eigenvalue weighted by Gasteiger charge is 2.29. The maximum absolute atomic E-state index is 10.5. The SMILES string of the molecule is CC(=O)OCOC1CC(C)CC1C. The highest BCUT2D eigenvalue weighted by molar-refractivity contribution is 5.65. The second-order valence-corrected chi connectivity index (χ2v) is 4.01. The van der Waals surface area contributed by atoms with Crippen molar-refractivity contribution >= 4 is 5.97 Å². The monoisotopic (exact) mass is 186 g/mol. The predicted octanol–water partition coefficient (Wildman–Crippen LogP) is 1.96. The Labute approximate surface area is 79.4 Å². The first kappa shape index (κ1) is 10.5. The molecule has 0 bridgehead atoms. The van der Waals surface area contributed by atoms with Crippen molar-refractivity contribution < 1.29 is 14.3 Å². The quantitative estimate of drug-likeness (QED) is 0.499. The summed E-state index contributed by atoms with van der Waals surface area (Å²) in [5.41, 5.74) is 0. The van der Waals surface area contributed by atoms with Crippen LogP contribution < -0.4 is 0 Å². The van der Waals surface area contributed by atoms with Crippen LogP contribution in [0, 0.1) is 11.8 Å². The summed E-state index contributed by atoms with van der Waals surface area (Å²) >= 11 is 0. The minimum absolute atomic E-state index is 0.108. The summed E-state index contributed by atoms with van der Waals surface area (Å²) < 4.78 is 10.2. The largest absolute Gasteiger partial charge is 0.439 e. The summed E-state index contributed by atoms with van der Waals surface area (Å²) in [6, 6.07) is 0. The molecule has 0 aromatic carbocycles. The molecule has 0 aromatic heterocycles. The van der Waals surface area contributed by atoms with Gasteiger partial charge in [0.1, 0.15) is 0 Å². The minimum Gasteiger partial charge on any atom is -0.439 e. The van der Waals surface area contributed by atoms with Gasteiger partial charge >= 0.3 is 5.97 Å². The molecule has 0 spiro atoms. The topological polar surface area (TPSA) is 35.5 Å². The number of rotatable bonds is 3. The molecule has 3 atom stereocenters. The Bertz CT molecular complexity index is 179. The van der Waals surface area contributed by atoms with Crippen LogP contribution in [0.25, 0.3) is 0 Å². The standard InChI is InChI=1S/C10H18O3/c1-7-4-8(2)10(5-7)13-6-12-9(3)11/h7-8,10H,4-6H2,1-3H3. The van der Waals surface area contributed by atoms with Gasteiger partial charge in [-0.3, -0.25) is 4.79 Å². The summed E-state index contributed by atoms with van der Waals surface area (Å²) in [4.78, 5) is 10.5. The van der Waals surface area contributed by atoms with E-state index in [0.29, 0.717) is 5.92 Å². The lowest BCUT2D eigenvalue weighted by molar-refractivity contribution is -0.159. The zero-order chi connectivity index (χ0) is 9.84. The maximum Gasteiger partial charge on any atom is 0.304 e. The summed E-state index contributed by atoms with van der Waals surface area (Å²) in [5, 5.41) is 0. The molecule has 1 aliphatic rings. The van der Waals surface area contributed by atoms with Crippen molar-refractivity contribution in [2.24, 2.45) is 11.8 Å². The van der Waals surface area contributed by atoms with Gasteiger partial charge in [0, 0.05) is 6.92 Å². The molecule has 0 aliphatic heterocycles. The number of carbonyl (C=O) groups is 1. The zero-order valence-electron chi connectivity index (χ0n) is 8.58. The molecule has 76 valence electrons. The summed E-state index contributed by atoms with van der Waals surface area (Å²) in [5.74, 6) is 1.04. The van der Waals surface area contributed by atoms with Crippen molar-refractivity contribution in [2.45, 2.75) is 39.7 Å². The van der Waals surface area contributed by atoms with Crippen molar-refractivity contribution in [3.63, 3.8) is 0 Å². The second kappa shape index (κ2) is 4.61. The Morgan fingerprint density at radius 3 is 2.54 bits per heavy atom.